The third-order valence-electron chi connectivity index (χ3n) is 4.28. The average molecular weight is 282 g/mol. The Bertz CT molecular complexity index is 622. The van der Waals surface area contributed by atoms with Crippen LogP contribution in [-0.4, -0.2) is 18.6 Å². The van der Waals surface area contributed by atoms with Crippen molar-refractivity contribution >= 4 is 11.5 Å². The summed E-state index contributed by atoms with van der Waals surface area (Å²) in [5.41, 5.74) is 3.68. The molecule has 1 unspecified atom stereocenters. The van der Waals surface area contributed by atoms with Crippen molar-refractivity contribution in [3.63, 3.8) is 0 Å². The first-order chi connectivity index (χ1) is 10.2. The monoisotopic (exact) mass is 282 g/mol. The molecule has 1 aliphatic heterocycles. The Morgan fingerprint density at radius 2 is 2.14 bits per heavy atom. The van der Waals surface area contributed by atoms with Gasteiger partial charge in [0.25, 0.3) is 0 Å². The van der Waals surface area contributed by atoms with Crippen LogP contribution in [0.4, 0.5) is 11.5 Å². The van der Waals surface area contributed by atoms with Crippen LogP contribution in [-0.2, 0) is 6.42 Å². The van der Waals surface area contributed by atoms with Crippen molar-refractivity contribution in [2.75, 3.05) is 18.6 Å². The Morgan fingerprint density at radius 1 is 1.29 bits per heavy atom. The number of aryl methyl sites for hydroxylation is 1. The van der Waals surface area contributed by atoms with E-state index >= 15 is 0 Å². The summed E-state index contributed by atoms with van der Waals surface area (Å²) in [5, 5.41) is 0. The van der Waals surface area contributed by atoms with Crippen LogP contribution in [0.3, 0.4) is 0 Å². The molecule has 1 aliphatic rings. The lowest BCUT2D eigenvalue weighted by Gasteiger charge is -2.26. The molecule has 21 heavy (non-hydrogen) atoms. The number of nitrogens with zero attached hydrogens (tertiary/aromatic N) is 2. The zero-order chi connectivity index (χ0) is 14.8. The molecule has 2 heterocycles. The van der Waals surface area contributed by atoms with Crippen molar-refractivity contribution in [1.82, 2.24) is 4.98 Å². The number of hydrogen-bond acceptors (Lipinski definition) is 3. The first-order valence-electron chi connectivity index (χ1n) is 7.64. The van der Waals surface area contributed by atoms with E-state index in [9.17, 15) is 0 Å². The topological polar surface area (TPSA) is 25.4 Å². The molecular formula is C18H22N2O. The van der Waals surface area contributed by atoms with Crippen molar-refractivity contribution in [2.45, 2.75) is 32.6 Å². The van der Waals surface area contributed by atoms with E-state index < -0.39 is 0 Å². The number of ether oxygens (including phenoxy) is 1. The quantitative estimate of drug-likeness (QED) is 0.839. The molecular weight excluding hydrogens is 260 g/mol. The largest absolute Gasteiger partial charge is 0.493 e. The average Bonchev–Trinajstić information content (AvgIpc) is 2.54. The SMILES string of the molecule is CCc1ccc(N(C)c2ccc3c(c2)OCCC3C)nc1. The van der Waals surface area contributed by atoms with Crippen molar-refractivity contribution in [3.05, 3.63) is 47.7 Å². The van der Waals surface area contributed by atoms with Crippen LogP contribution in [0.5, 0.6) is 5.75 Å². The lowest BCUT2D eigenvalue weighted by molar-refractivity contribution is 0.272. The predicted molar refractivity (Wildman–Crippen MR) is 86.6 cm³/mol. The molecule has 0 fully saturated rings. The summed E-state index contributed by atoms with van der Waals surface area (Å²) in [5.74, 6) is 2.55. The minimum atomic E-state index is 0.579. The Labute approximate surface area is 126 Å². The molecule has 0 bridgehead atoms. The number of pyridine rings is 1. The van der Waals surface area contributed by atoms with E-state index in [0.29, 0.717) is 5.92 Å². The van der Waals surface area contributed by atoms with E-state index in [1.807, 2.05) is 13.2 Å². The summed E-state index contributed by atoms with van der Waals surface area (Å²) in [6, 6.07) is 10.7. The number of hydrogen-bond donors (Lipinski definition) is 0. The van der Waals surface area contributed by atoms with Gasteiger partial charge in [0.05, 0.1) is 6.61 Å². The highest BCUT2D eigenvalue weighted by Crippen LogP contribution is 2.36. The van der Waals surface area contributed by atoms with Gasteiger partial charge in [0.2, 0.25) is 0 Å². The van der Waals surface area contributed by atoms with Crippen molar-refractivity contribution in [3.8, 4) is 5.75 Å². The highest BCUT2D eigenvalue weighted by Gasteiger charge is 2.18. The van der Waals surface area contributed by atoms with Gasteiger partial charge in [0.15, 0.2) is 0 Å². The fourth-order valence-corrected chi connectivity index (χ4v) is 2.72. The molecule has 0 saturated heterocycles. The van der Waals surface area contributed by atoms with E-state index in [1.165, 1.54) is 11.1 Å². The van der Waals surface area contributed by atoms with Gasteiger partial charge >= 0.3 is 0 Å². The molecule has 0 N–H and O–H groups in total. The number of fused-ring (bicyclic) bond motifs is 1. The first kappa shape index (κ1) is 13.9. The minimum Gasteiger partial charge on any atom is -0.493 e. The van der Waals surface area contributed by atoms with Gasteiger partial charge in [0.1, 0.15) is 11.6 Å². The van der Waals surface area contributed by atoms with Gasteiger partial charge in [-0.2, -0.15) is 0 Å². The smallest absolute Gasteiger partial charge is 0.132 e. The van der Waals surface area contributed by atoms with Crippen molar-refractivity contribution in [2.24, 2.45) is 0 Å². The Balaban J connectivity index is 1.88. The maximum atomic E-state index is 5.81. The maximum absolute atomic E-state index is 5.81. The van der Waals surface area contributed by atoms with Crippen LogP contribution in [0.1, 0.15) is 37.3 Å². The van der Waals surface area contributed by atoms with E-state index in [0.717, 1.165) is 36.7 Å². The lowest BCUT2D eigenvalue weighted by Crippen LogP contribution is -2.15. The highest BCUT2D eigenvalue weighted by molar-refractivity contribution is 5.62. The molecule has 3 nitrogen and oxygen atoms in total. The van der Waals surface area contributed by atoms with Gasteiger partial charge in [-0.1, -0.05) is 26.0 Å². The number of rotatable bonds is 3. The second-order valence-corrected chi connectivity index (χ2v) is 5.70. The summed E-state index contributed by atoms with van der Waals surface area (Å²) in [6.07, 6.45) is 4.06. The third-order valence-corrected chi connectivity index (χ3v) is 4.28. The standard InChI is InChI=1S/C18H22N2O/c1-4-14-5-8-18(19-12-14)20(3)15-6-7-16-13(2)9-10-21-17(16)11-15/h5-8,11-13H,4,9-10H2,1-3H3. The van der Waals surface area contributed by atoms with Crippen LogP contribution >= 0.6 is 0 Å². The summed E-state index contributed by atoms with van der Waals surface area (Å²) in [4.78, 5) is 6.64. The van der Waals surface area contributed by atoms with Crippen molar-refractivity contribution < 1.29 is 4.74 Å². The molecule has 0 aliphatic carbocycles. The molecule has 1 aromatic carbocycles. The molecule has 0 spiro atoms. The van der Waals surface area contributed by atoms with E-state index in [4.69, 9.17) is 4.74 Å². The number of anilines is 2. The van der Waals surface area contributed by atoms with Crippen LogP contribution in [0.2, 0.25) is 0 Å². The van der Waals surface area contributed by atoms with Crippen LogP contribution in [0.25, 0.3) is 0 Å². The number of benzene rings is 1. The zero-order valence-corrected chi connectivity index (χ0v) is 13.0. The summed E-state index contributed by atoms with van der Waals surface area (Å²) in [6.45, 7) is 5.21. The molecule has 3 heteroatoms. The molecule has 3 rings (SSSR count). The second kappa shape index (κ2) is 5.76. The molecule has 0 radical (unpaired) electrons. The van der Waals surface area contributed by atoms with Crippen molar-refractivity contribution in [1.29, 1.82) is 0 Å². The Kier molecular flexibility index (Phi) is 3.82. The fraction of sp³-hybridized carbons (Fsp3) is 0.389. The van der Waals surface area contributed by atoms with E-state index in [2.05, 4.69) is 54.1 Å². The van der Waals surface area contributed by atoms with Crippen LogP contribution < -0.4 is 9.64 Å². The lowest BCUT2D eigenvalue weighted by atomic mass is 9.95. The molecule has 0 amide bonds. The van der Waals surface area contributed by atoms with E-state index in [1.54, 1.807) is 0 Å². The molecule has 1 aromatic heterocycles. The fourth-order valence-electron chi connectivity index (χ4n) is 2.72. The Morgan fingerprint density at radius 3 is 2.86 bits per heavy atom. The zero-order valence-electron chi connectivity index (χ0n) is 13.0. The van der Waals surface area contributed by atoms with Gasteiger partial charge in [-0.3, -0.25) is 0 Å². The second-order valence-electron chi connectivity index (χ2n) is 5.70. The molecule has 0 saturated carbocycles. The summed E-state index contributed by atoms with van der Waals surface area (Å²) >= 11 is 0. The van der Waals surface area contributed by atoms with E-state index in [-0.39, 0.29) is 0 Å². The highest BCUT2D eigenvalue weighted by atomic mass is 16.5. The van der Waals surface area contributed by atoms with Gasteiger partial charge in [0, 0.05) is 25.0 Å². The predicted octanol–water partition coefficient (Wildman–Crippen LogP) is 4.30. The Hall–Kier alpha value is -2.03. The van der Waals surface area contributed by atoms with Gasteiger partial charge in [-0.15, -0.1) is 0 Å². The molecule has 1 atom stereocenters. The van der Waals surface area contributed by atoms with Gasteiger partial charge in [-0.05, 0) is 42.0 Å². The van der Waals surface area contributed by atoms with Crippen LogP contribution in [0, 0.1) is 0 Å². The third kappa shape index (κ3) is 2.73. The summed E-state index contributed by atoms with van der Waals surface area (Å²) in [7, 11) is 2.04. The maximum Gasteiger partial charge on any atom is 0.132 e. The summed E-state index contributed by atoms with van der Waals surface area (Å²) < 4.78 is 5.81. The van der Waals surface area contributed by atoms with Gasteiger partial charge < -0.3 is 9.64 Å². The number of aromatic nitrogens is 1. The van der Waals surface area contributed by atoms with Crippen LogP contribution in [0.15, 0.2) is 36.5 Å². The molecule has 110 valence electrons. The minimum absolute atomic E-state index is 0.579. The molecule has 2 aromatic rings. The first-order valence-corrected chi connectivity index (χ1v) is 7.64. The normalized spacial score (nSPS) is 17.0. The van der Waals surface area contributed by atoms with Gasteiger partial charge in [-0.25, -0.2) is 4.98 Å².